The Labute approximate surface area is 238 Å². The van der Waals surface area contributed by atoms with E-state index in [9.17, 15) is 4.79 Å². The number of likely N-dealkylation sites (tertiary alicyclic amines) is 1. The molecule has 206 valence electrons. The number of ether oxygens (including phenoxy) is 1. The van der Waals surface area contributed by atoms with Crippen LogP contribution in [-0.2, 0) is 0 Å². The van der Waals surface area contributed by atoms with E-state index in [0.29, 0.717) is 33.1 Å². The van der Waals surface area contributed by atoms with Gasteiger partial charge in [-0.05, 0) is 96.8 Å². The van der Waals surface area contributed by atoms with Crippen molar-refractivity contribution < 1.29 is 4.74 Å². The fourth-order valence-electron chi connectivity index (χ4n) is 4.41. The van der Waals surface area contributed by atoms with Crippen molar-refractivity contribution in [2.45, 2.75) is 52.5 Å². The van der Waals surface area contributed by atoms with Crippen LogP contribution in [0.25, 0.3) is 10.9 Å². The molecule has 0 atom stereocenters. The number of benzene rings is 2. The number of hydrogen-bond donors (Lipinski definition) is 3. The number of aromatic nitrogens is 3. The summed E-state index contributed by atoms with van der Waals surface area (Å²) in [6, 6.07) is 16.0. The molecule has 3 N–H and O–H groups in total. The predicted octanol–water partition coefficient (Wildman–Crippen LogP) is 7.27. The van der Waals surface area contributed by atoms with Gasteiger partial charge in [-0.15, -0.1) is 0 Å². The first kappa shape index (κ1) is 28.6. The predicted molar refractivity (Wildman–Crippen MR) is 164 cm³/mol. The molecule has 0 saturated carbocycles. The summed E-state index contributed by atoms with van der Waals surface area (Å²) < 4.78 is 6.71. The van der Waals surface area contributed by atoms with Gasteiger partial charge in [-0.3, -0.25) is 4.79 Å². The van der Waals surface area contributed by atoms with E-state index < -0.39 is 0 Å². The molecule has 1 saturated heterocycles. The summed E-state index contributed by atoms with van der Waals surface area (Å²) in [5.74, 6) is 2.93. The second-order valence-electron chi connectivity index (χ2n) is 9.78. The molecule has 1 aliphatic rings. The number of anilines is 3. The molecule has 0 bridgehead atoms. The summed E-state index contributed by atoms with van der Waals surface area (Å²) in [6.07, 6.45) is 3.64. The van der Waals surface area contributed by atoms with Crippen LogP contribution in [0.4, 0.5) is 17.5 Å². The maximum absolute atomic E-state index is 12.8. The van der Waals surface area contributed by atoms with E-state index in [1.165, 1.54) is 5.56 Å². The van der Waals surface area contributed by atoms with Gasteiger partial charge < -0.3 is 25.3 Å². The lowest BCUT2D eigenvalue weighted by molar-refractivity contribution is 0.263. The minimum atomic E-state index is -0.253. The summed E-state index contributed by atoms with van der Waals surface area (Å²) in [7, 11) is 2.13. The third-order valence-electron chi connectivity index (χ3n) is 6.64. The van der Waals surface area contributed by atoms with Gasteiger partial charge in [0.15, 0.2) is 0 Å². The zero-order valence-electron chi connectivity index (χ0n) is 23.2. The highest BCUT2D eigenvalue weighted by molar-refractivity contribution is 9.10. The number of piperidine rings is 1. The normalized spacial score (nSPS) is 14.1. The average Bonchev–Trinajstić information content (AvgIpc) is 2.94. The van der Waals surface area contributed by atoms with Crippen molar-refractivity contribution >= 4 is 44.3 Å². The fourth-order valence-corrected chi connectivity index (χ4v) is 4.81. The van der Waals surface area contributed by atoms with E-state index in [1.54, 1.807) is 6.20 Å². The van der Waals surface area contributed by atoms with Crippen molar-refractivity contribution in [3.05, 3.63) is 75.1 Å². The zero-order chi connectivity index (χ0) is 27.9. The third kappa shape index (κ3) is 7.16. The Hall–Kier alpha value is -3.43. The Balaban J connectivity index is 0.00000172. The van der Waals surface area contributed by atoms with Gasteiger partial charge in [-0.2, -0.15) is 4.98 Å². The molecule has 0 aliphatic carbocycles. The Morgan fingerprint density at radius 2 is 1.62 bits per heavy atom. The van der Waals surface area contributed by atoms with Crippen molar-refractivity contribution in [1.29, 1.82) is 0 Å². The monoisotopic (exact) mass is 592 g/mol. The average molecular weight is 594 g/mol. The Kier molecular flexibility index (Phi) is 9.59. The van der Waals surface area contributed by atoms with E-state index in [4.69, 9.17) is 9.72 Å². The molecule has 8 nitrogen and oxygen atoms in total. The first-order valence-electron chi connectivity index (χ1n) is 13.5. The summed E-state index contributed by atoms with van der Waals surface area (Å²) >= 11 is 3.53. The van der Waals surface area contributed by atoms with Crippen LogP contribution in [0.15, 0.2) is 64.0 Å². The van der Waals surface area contributed by atoms with E-state index in [2.05, 4.69) is 74.5 Å². The SMILES string of the molecule is CC.CC(C)c1ccc(Oc2ccc(Nc3nc(NC4CCN(C)CC4)nc4c(Br)c[nH]c(=O)c34)cc2)cc1. The maximum Gasteiger partial charge on any atom is 0.261 e. The molecule has 0 amide bonds. The highest BCUT2D eigenvalue weighted by atomic mass is 79.9. The Bertz CT molecular complexity index is 1430. The van der Waals surface area contributed by atoms with Gasteiger partial charge in [-0.1, -0.05) is 39.8 Å². The number of nitrogens with one attached hydrogen (secondary N) is 3. The van der Waals surface area contributed by atoms with Crippen LogP contribution in [0.3, 0.4) is 0 Å². The van der Waals surface area contributed by atoms with Gasteiger partial charge in [0.25, 0.3) is 5.56 Å². The van der Waals surface area contributed by atoms with E-state index in [1.807, 2.05) is 50.2 Å². The van der Waals surface area contributed by atoms with Crippen molar-refractivity contribution in [2.24, 2.45) is 0 Å². The van der Waals surface area contributed by atoms with Crippen LogP contribution in [0.1, 0.15) is 52.0 Å². The largest absolute Gasteiger partial charge is 0.457 e. The molecule has 0 radical (unpaired) electrons. The topological polar surface area (TPSA) is 95.2 Å². The molecule has 5 rings (SSSR count). The number of fused-ring (bicyclic) bond motifs is 1. The van der Waals surface area contributed by atoms with Gasteiger partial charge in [0.1, 0.15) is 22.7 Å². The number of halogens is 1. The first-order chi connectivity index (χ1) is 18.9. The fraction of sp³-hybridized carbons (Fsp3) is 0.367. The van der Waals surface area contributed by atoms with Crippen LogP contribution < -0.4 is 20.9 Å². The number of aromatic amines is 1. The van der Waals surface area contributed by atoms with Gasteiger partial charge in [0.2, 0.25) is 5.95 Å². The van der Waals surface area contributed by atoms with Crippen molar-refractivity contribution in [1.82, 2.24) is 19.9 Å². The third-order valence-corrected chi connectivity index (χ3v) is 7.25. The van der Waals surface area contributed by atoms with Crippen LogP contribution in [-0.4, -0.2) is 46.0 Å². The quantitative estimate of drug-likeness (QED) is 0.207. The molecule has 4 aromatic rings. The lowest BCUT2D eigenvalue weighted by Gasteiger charge is -2.29. The van der Waals surface area contributed by atoms with Crippen molar-refractivity contribution in [3.63, 3.8) is 0 Å². The second kappa shape index (κ2) is 13.1. The first-order valence-corrected chi connectivity index (χ1v) is 14.3. The standard InChI is InChI=1S/C28H31BrN6O2.C2H6/c1-17(2)18-4-8-21(9-5-18)37-22-10-6-19(7-11-22)31-26-24-25(23(29)16-30-27(24)36)33-28(34-26)32-20-12-14-35(3)15-13-20;1-2/h4-11,16-17,20H,12-15H2,1-3H3,(H,30,36)(H2,31,32,33,34);1-2H3. The zero-order valence-corrected chi connectivity index (χ0v) is 24.8. The highest BCUT2D eigenvalue weighted by Gasteiger charge is 2.20. The van der Waals surface area contributed by atoms with Gasteiger partial charge in [0.05, 0.1) is 9.99 Å². The number of pyridine rings is 1. The molecule has 9 heteroatoms. The number of H-pyrrole nitrogens is 1. The number of nitrogens with zero attached hydrogens (tertiary/aromatic N) is 3. The summed E-state index contributed by atoms with van der Waals surface area (Å²) in [5, 5.41) is 7.18. The molecule has 1 fully saturated rings. The smallest absolute Gasteiger partial charge is 0.261 e. The lowest BCUT2D eigenvalue weighted by Crippen LogP contribution is -2.37. The van der Waals surface area contributed by atoms with E-state index in [-0.39, 0.29) is 11.6 Å². The van der Waals surface area contributed by atoms with Gasteiger partial charge in [-0.25, -0.2) is 4.98 Å². The molecule has 0 spiro atoms. The number of hydrogen-bond acceptors (Lipinski definition) is 7. The summed E-state index contributed by atoms with van der Waals surface area (Å²) in [6.45, 7) is 10.4. The van der Waals surface area contributed by atoms with Gasteiger partial charge >= 0.3 is 0 Å². The van der Waals surface area contributed by atoms with Gasteiger partial charge in [0, 0.05) is 17.9 Å². The maximum atomic E-state index is 12.8. The lowest BCUT2D eigenvalue weighted by atomic mass is 10.0. The van der Waals surface area contributed by atoms with Crippen LogP contribution >= 0.6 is 15.9 Å². The van der Waals surface area contributed by atoms with Crippen molar-refractivity contribution in [3.8, 4) is 11.5 Å². The summed E-state index contributed by atoms with van der Waals surface area (Å²) in [5.41, 5.74) is 2.36. The molecule has 0 unspecified atom stereocenters. The molecular weight excluding hydrogens is 556 g/mol. The van der Waals surface area contributed by atoms with E-state index >= 15 is 0 Å². The van der Waals surface area contributed by atoms with Crippen LogP contribution in [0, 0.1) is 0 Å². The highest BCUT2D eigenvalue weighted by Crippen LogP contribution is 2.30. The minimum Gasteiger partial charge on any atom is -0.457 e. The Morgan fingerprint density at radius 3 is 2.23 bits per heavy atom. The molecule has 3 heterocycles. The molecular formula is C30H37BrN6O2. The Morgan fingerprint density at radius 1 is 1.00 bits per heavy atom. The summed E-state index contributed by atoms with van der Waals surface area (Å²) in [4.78, 5) is 27.2. The molecule has 1 aliphatic heterocycles. The molecule has 2 aromatic heterocycles. The molecule has 39 heavy (non-hydrogen) atoms. The van der Waals surface area contributed by atoms with Crippen molar-refractivity contribution in [2.75, 3.05) is 30.8 Å². The number of rotatable bonds is 7. The molecule has 2 aromatic carbocycles. The van der Waals surface area contributed by atoms with Crippen LogP contribution in [0.2, 0.25) is 0 Å². The van der Waals surface area contributed by atoms with E-state index in [0.717, 1.165) is 43.1 Å². The minimum absolute atomic E-state index is 0.253. The van der Waals surface area contributed by atoms with Crippen LogP contribution in [0.5, 0.6) is 11.5 Å². The second-order valence-corrected chi connectivity index (χ2v) is 10.6.